The second kappa shape index (κ2) is 4.58. The molecule has 0 aliphatic carbocycles. The average Bonchev–Trinajstić information content (AvgIpc) is 2.72. The third kappa shape index (κ3) is 2.20. The number of likely N-dealkylation sites (tertiary alicyclic amines) is 1. The molecule has 4 heteroatoms. The summed E-state index contributed by atoms with van der Waals surface area (Å²) in [5, 5.41) is 8.13. The van der Waals surface area contributed by atoms with Crippen molar-refractivity contribution in [3.8, 4) is 0 Å². The van der Waals surface area contributed by atoms with E-state index in [9.17, 15) is 0 Å². The summed E-state index contributed by atoms with van der Waals surface area (Å²) in [5.41, 5.74) is 1.16. The van der Waals surface area contributed by atoms with E-state index in [1.807, 2.05) is 18.2 Å². The van der Waals surface area contributed by atoms with E-state index in [0.717, 1.165) is 17.1 Å². The van der Waals surface area contributed by atoms with E-state index in [4.69, 9.17) is 11.6 Å². The molecular formula is C13H18ClN3. The van der Waals surface area contributed by atoms with Gasteiger partial charge in [0, 0.05) is 29.2 Å². The Hall–Kier alpha value is -0.610. The molecule has 0 spiro atoms. The summed E-state index contributed by atoms with van der Waals surface area (Å²) >= 11 is 6.24. The molecule has 3 atom stereocenters. The van der Waals surface area contributed by atoms with Gasteiger partial charge in [-0.05, 0) is 26.1 Å². The quantitative estimate of drug-likeness (QED) is 0.794. The molecule has 2 heterocycles. The highest BCUT2D eigenvalue weighted by molar-refractivity contribution is 6.31. The summed E-state index contributed by atoms with van der Waals surface area (Å²) in [6, 6.07) is 9.17. The molecule has 2 aliphatic heterocycles. The maximum absolute atomic E-state index is 6.24. The Bertz CT molecular complexity index is 409. The van der Waals surface area contributed by atoms with E-state index in [-0.39, 0.29) is 6.17 Å². The number of nitrogens with one attached hydrogen (secondary N) is 2. The van der Waals surface area contributed by atoms with E-state index in [1.54, 1.807) is 0 Å². The van der Waals surface area contributed by atoms with Crippen molar-refractivity contribution >= 4 is 11.6 Å². The van der Waals surface area contributed by atoms with Crippen LogP contribution in [-0.4, -0.2) is 37.1 Å². The highest BCUT2D eigenvalue weighted by Gasteiger charge is 2.37. The number of hydrogen-bond acceptors (Lipinski definition) is 3. The van der Waals surface area contributed by atoms with E-state index in [2.05, 4.69) is 28.6 Å². The number of fused-ring (bicyclic) bond motifs is 1. The van der Waals surface area contributed by atoms with Gasteiger partial charge in [-0.3, -0.25) is 10.6 Å². The van der Waals surface area contributed by atoms with Gasteiger partial charge in [0.15, 0.2) is 0 Å². The Morgan fingerprint density at radius 2 is 2.00 bits per heavy atom. The number of halogens is 1. The molecule has 2 aliphatic rings. The Morgan fingerprint density at radius 3 is 2.82 bits per heavy atom. The van der Waals surface area contributed by atoms with Gasteiger partial charge in [-0.1, -0.05) is 29.8 Å². The van der Waals surface area contributed by atoms with Crippen molar-refractivity contribution in [3.63, 3.8) is 0 Å². The van der Waals surface area contributed by atoms with Gasteiger partial charge in [-0.2, -0.15) is 0 Å². The van der Waals surface area contributed by atoms with Crippen molar-refractivity contribution in [1.29, 1.82) is 0 Å². The Labute approximate surface area is 107 Å². The van der Waals surface area contributed by atoms with E-state index >= 15 is 0 Å². The van der Waals surface area contributed by atoms with Gasteiger partial charge in [-0.15, -0.1) is 0 Å². The van der Waals surface area contributed by atoms with Crippen LogP contribution in [0.5, 0.6) is 0 Å². The third-order valence-electron chi connectivity index (χ3n) is 3.79. The number of piperidine rings is 1. The monoisotopic (exact) mass is 251 g/mol. The van der Waals surface area contributed by atoms with Crippen LogP contribution >= 0.6 is 11.6 Å². The number of nitrogens with zero attached hydrogens (tertiary/aromatic N) is 1. The third-order valence-corrected chi connectivity index (χ3v) is 4.14. The first-order valence-corrected chi connectivity index (χ1v) is 6.57. The predicted octanol–water partition coefficient (Wildman–Crippen LogP) is 1.60. The summed E-state index contributed by atoms with van der Waals surface area (Å²) in [7, 11) is 2.18. The van der Waals surface area contributed by atoms with Crippen molar-refractivity contribution in [2.45, 2.75) is 24.7 Å². The maximum Gasteiger partial charge on any atom is 0.0855 e. The molecule has 2 saturated heterocycles. The molecule has 92 valence electrons. The van der Waals surface area contributed by atoms with Gasteiger partial charge in [0.1, 0.15) is 0 Å². The number of rotatable bonds is 1. The molecule has 3 rings (SSSR count). The standard InChI is InChI=1S/C13H18ClN3/c1-17-7-6-11-12(8-17)16-13(15-11)9-4-2-3-5-10(9)14/h2-5,11-13,15-16H,6-8H2,1H3. The minimum Gasteiger partial charge on any atom is -0.305 e. The Morgan fingerprint density at radius 1 is 1.24 bits per heavy atom. The fraction of sp³-hybridized carbons (Fsp3) is 0.538. The zero-order valence-electron chi connectivity index (χ0n) is 9.99. The van der Waals surface area contributed by atoms with Crippen LogP contribution < -0.4 is 10.6 Å². The zero-order chi connectivity index (χ0) is 11.8. The molecule has 2 N–H and O–H groups in total. The molecule has 1 aromatic carbocycles. The maximum atomic E-state index is 6.24. The first-order chi connectivity index (χ1) is 8.24. The van der Waals surface area contributed by atoms with Crippen LogP contribution in [0.25, 0.3) is 0 Å². The molecule has 2 fully saturated rings. The van der Waals surface area contributed by atoms with E-state index in [0.29, 0.717) is 12.1 Å². The normalized spacial score (nSPS) is 33.6. The summed E-state index contributed by atoms with van der Waals surface area (Å²) in [4.78, 5) is 2.38. The van der Waals surface area contributed by atoms with Crippen molar-refractivity contribution in [2.24, 2.45) is 0 Å². The molecule has 3 nitrogen and oxygen atoms in total. The highest BCUT2D eigenvalue weighted by atomic mass is 35.5. The topological polar surface area (TPSA) is 27.3 Å². The van der Waals surface area contributed by atoms with Crippen LogP contribution in [-0.2, 0) is 0 Å². The molecule has 0 bridgehead atoms. The van der Waals surface area contributed by atoms with Gasteiger partial charge in [-0.25, -0.2) is 0 Å². The van der Waals surface area contributed by atoms with Crippen molar-refractivity contribution in [1.82, 2.24) is 15.5 Å². The minimum absolute atomic E-state index is 0.199. The van der Waals surface area contributed by atoms with Gasteiger partial charge >= 0.3 is 0 Å². The number of likely N-dealkylation sites (N-methyl/N-ethyl adjacent to an activating group) is 1. The first-order valence-electron chi connectivity index (χ1n) is 6.19. The van der Waals surface area contributed by atoms with E-state index < -0.39 is 0 Å². The summed E-state index contributed by atoms with van der Waals surface area (Å²) < 4.78 is 0. The molecule has 1 aromatic rings. The fourth-order valence-electron chi connectivity index (χ4n) is 2.85. The highest BCUT2D eigenvalue weighted by Crippen LogP contribution is 2.27. The molecule has 3 unspecified atom stereocenters. The van der Waals surface area contributed by atoms with Crippen molar-refractivity contribution < 1.29 is 0 Å². The van der Waals surface area contributed by atoms with Crippen LogP contribution in [0.3, 0.4) is 0 Å². The average molecular weight is 252 g/mol. The SMILES string of the molecule is CN1CCC2NC(c3ccccc3Cl)NC2C1. The fourth-order valence-corrected chi connectivity index (χ4v) is 3.09. The first kappa shape index (κ1) is 11.5. The molecular weight excluding hydrogens is 234 g/mol. The second-order valence-electron chi connectivity index (χ2n) is 5.05. The lowest BCUT2D eigenvalue weighted by molar-refractivity contribution is 0.224. The Balaban J connectivity index is 1.78. The van der Waals surface area contributed by atoms with Crippen LogP contribution in [0.15, 0.2) is 24.3 Å². The van der Waals surface area contributed by atoms with E-state index in [1.165, 1.54) is 13.0 Å². The summed E-state index contributed by atoms with van der Waals surface area (Å²) in [5.74, 6) is 0. The minimum atomic E-state index is 0.199. The van der Waals surface area contributed by atoms with Gasteiger partial charge in [0.2, 0.25) is 0 Å². The van der Waals surface area contributed by atoms with Crippen LogP contribution in [0, 0.1) is 0 Å². The predicted molar refractivity (Wildman–Crippen MR) is 70.2 cm³/mol. The molecule has 0 saturated carbocycles. The molecule has 17 heavy (non-hydrogen) atoms. The van der Waals surface area contributed by atoms with Crippen molar-refractivity contribution in [2.75, 3.05) is 20.1 Å². The number of benzene rings is 1. The van der Waals surface area contributed by atoms with Crippen LogP contribution in [0.2, 0.25) is 5.02 Å². The van der Waals surface area contributed by atoms with Gasteiger partial charge in [0.25, 0.3) is 0 Å². The van der Waals surface area contributed by atoms with Gasteiger partial charge < -0.3 is 4.90 Å². The lowest BCUT2D eigenvalue weighted by Gasteiger charge is -2.31. The Kier molecular flexibility index (Phi) is 3.09. The van der Waals surface area contributed by atoms with Gasteiger partial charge in [0.05, 0.1) is 6.17 Å². The smallest absolute Gasteiger partial charge is 0.0855 e. The molecule has 0 radical (unpaired) electrons. The second-order valence-corrected chi connectivity index (χ2v) is 5.46. The lowest BCUT2D eigenvalue weighted by atomic mass is 10.0. The van der Waals surface area contributed by atoms with Crippen molar-refractivity contribution in [3.05, 3.63) is 34.9 Å². The van der Waals surface area contributed by atoms with Crippen LogP contribution in [0.4, 0.5) is 0 Å². The lowest BCUT2D eigenvalue weighted by Crippen LogP contribution is -2.48. The number of hydrogen-bond donors (Lipinski definition) is 2. The zero-order valence-corrected chi connectivity index (χ0v) is 10.7. The molecule has 0 amide bonds. The molecule has 0 aromatic heterocycles. The summed E-state index contributed by atoms with van der Waals surface area (Å²) in [6.45, 7) is 2.28. The summed E-state index contributed by atoms with van der Waals surface area (Å²) in [6.07, 6.45) is 1.40. The largest absolute Gasteiger partial charge is 0.305 e. The van der Waals surface area contributed by atoms with Crippen LogP contribution in [0.1, 0.15) is 18.2 Å².